The molecule has 0 fully saturated rings. The fourth-order valence-corrected chi connectivity index (χ4v) is 5.83. The summed E-state index contributed by atoms with van der Waals surface area (Å²) in [6.45, 7) is 10.8. The van der Waals surface area contributed by atoms with Gasteiger partial charge in [0.05, 0.1) is 13.2 Å². The molecule has 268 valence electrons. The van der Waals surface area contributed by atoms with Crippen LogP contribution < -0.4 is 10.6 Å². The van der Waals surface area contributed by atoms with Crippen LogP contribution in [0.2, 0.25) is 0 Å². The van der Waals surface area contributed by atoms with Gasteiger partial charge < -0.3 is 29.1 Å². The number of hydrogen-bond donors (Lipinski definition) is 1. The molecule has 0 rings (SSSR count). The highest BCUT2D eigenvalue weighted by molar-refractivity contribution is 7.45. The monoisotopic (exact) mass is 663 g/mol. The van der Waals surface area contributed by atoms with Crippen LogP contribution in [0.5, 0.6) is 0 Å². The van der Waals surface area contributed by atoms with Crippen LogP contribution in [0.4, 0.5) is 0 Å². The summed E-state index contributed by atoms with van der Waals surface area (Å²) in [4.78, 5) is 36.7. The zero-order chi connectivity index (χ0) is 33.8. The van der Waals surface area contributed by atoms with E-state index < -0.39 is 32.5 Å². The van der Waals surface area contributed by atoms with Crippen LogP contribution in [0.3, 0.4) is 0 Å². The molecular weight excluding hydrogens is 593 g/mol. The van der Waals surface area contributed by atoms with E-state index in [4.69, 9.17) is 18.5 Å². The summed E-state index contributed by atoms with van der Waals surface area (Å²) >= 11 is 0. The lowest BCUT2D eigenvalue weighted by Gasteiger charge is -2.25. The van der Waals surface area contributed by atoms with Crippen molar-refractivity contribution >= 4 is 19.8 Å². The first-order valence-corrected chi connectivity index (χ1v) is 19.5. The molecule has 0 aromatic heterocycles. The van der Waals surface area contributed by atoms with E-state index >= 15 is 0 Å². The van der Waals surface area contributed by atoms with Gasteiger partial charge in [0.25, 0.3) is 7.82 Å². The lowest BCUT2D eigenvalue weighted by atomic mass is 9.89. The predicted octanol–water partition coefficient (Wildman–Crippen LogP) is 8.08. The van der Waals surface area contributed by atoms with E-state index in [2.05, 4.69) is 40.4 Å². The molecule has 9 nitrogen and oxygen atoms in total. The van der Waals surface area contributed by atoms with E-state index in [9.17, 15) is 19.0 Å². The van der Waals surface area contributed by atoms with Crippen LogP contribution in [0.15, 0.2) is 0 Å². The number of phosphoric acid groups is 1. The topological polar surface area (TPSA) is 139 Å². The van der Waals surface area contributed by atoms with Gasteiger partial charge in [-0.05, 0) is 30.6 Å². The van der Waals surface area contributed by atoms with Gasteiger partial charge in [-0.25, -0.2) is 0 Å². The maximum atomic E-state index is 12.5. The summed E-state index contributed by atoms with van der Waals surface area (Å²) in [7, 11) is -4.57. The van der Waals surface area contributed by atoms with Gasteiger partial charge in [-0.15, -0.1) is 0 Å². The molecule has 10 heteroatoms. The molecule has 0 spiro atoms. The number of hydrogen-bond acceptors (Lipinski definition) is 8. The van der Waals surface area contributed by atoms with Gasteiger partial charge in [-0.2, -0.15) is 0 Å². The van der Waals surface area contributed by atoms with Crippen LogP contribution in [-0.2, 0) is 32.7 Å². The summed E-state index contributed by atoms with van der Waals surface area (Å²) < 4.78 is 32.3. The molecule has 0 amide bonds. The van der Waals surface area contributed by atoms with Crippen molar-refractivity contribution in [2.24, 2.45) is 11.3 Å². The third kappa shape index (κ3) is 32.7. The average molecular weight is 664 g/mol. The first-order chi connectivity index (χ1) is 21.3. The average Bonchev–Trinajstić information content (AvgIpc) is 2.96. The number of quaternary nitrogens is 1. The number of rotatable bonds is 31. The van der Waals surface area contributed by atoms with Crippen molar-refractivity contribution in [2.75, 3.05) is 26.4 Å². The second kappa shape index (κ2) is 28.1. The minimum atomic E-state index is -4.57. The summed E-state index contributed by atoms with van der Waals surface area (Å²) in [6.07, 6.45) is 21.3. The van der Waals surface area contributed by atoms with Crippen molar-refractivity contribution in [3.05, 3.63) is 0 Å². The van der Waals surface area contributed by atoms with E-state index in [0.717, 1.165) is 44.4 Å². The van der Waals surface area contributed by atoms with Gasteiger partial charge in [0.1, 0.15) is 13.2 Å². The van der Waals surface area contributed by atoms with Crippen molar-refractivity contribution in [1.82, 2.24) is 0 Å². The van der Waals surface area contributed by atoms with E-state index in [1.807, 2.05) is 0 Å². The van der Waals surface area contributed by atoms with Crippen LogP contribution in [0, 0.1) is 11.3 Å². The molecular formula is C35H70NO8P. The Hall–Kier alpha value is -0.990. The highest BCUT2D eigenvalue weighted by atomic mass is 31.2. The third-order valence-corrected chi connectivity index (χ3v) is 8.72. The van der Waals surface area contributed by atoms with E-state index in [1.54, 1.807) is 0 Å². The fourth-order valence-electron chi connectivity index (χ4n) is 5.05. The molecule has 0 aromatic carbocycles. The Balaban J connectivity index is 4.27. The molecule has 0 aromatic rings. The zero-order valence-electron chi connectivity index (χ0n) is 29.8. The van der Waals surface area contributed by atoms with E-state index in [1.165, 1.54) is 77.0 Å². The molecule has 0 aliphatic rings. The molecule has 0 radical (unpaired) electrons. The standard InChI is InChI=1S/C35H70NO8P/c1-31(2)23-19-15-11-7-6-8-12-16-20-24-33(37)41-29-32(30-43-45(39,40)42-28-27-36)44-34(38)25-21-17-13-9-10-14-18-22-26-35(3,4)5/h31-32H,6-30,36H2,1-5H3,(H,39,40)/t32-/m0/s1. The molecule has 0 aliphatic heterocycles. The van der Waals surface area contributed by atoms with Crippen molar-refractivity contribution < 1.29 is 43.3 Å². The maximum Gasteiger partial charge on any atom is 0.306 e. The van der Waals surface area contributed by atoms with Gasteiger partial charge >= 0.3 is 11.9 Å². The van der Waals surface area contributed by atoms with Crippen molar-refractivity contribution in [2.45, 2.75) is 176 Å². The summed E-state index contributed by atoms with van der Waals surface area (Å²) in [6, 6.07) is 0. The summed E-state index contributed by atoms with van der Waals surface area (Å²) in [5.41, 5.74) is 3.94. The molecule has 1 unspecified atom stereocenters. The summed E-state index contributed by atoms with van der Waals surface area (Å²) in [5.74, 6) is -0.0576. The van der Waals surface area contributed by atoms with Crippen LogP contribution in [-0.4, -0.2) is 44.4 Å². The minimum Gasteiger partial charge on any atom is -0.756 e. The molecule has 0 bridgehead atoms. The van der Waals surface area contributed by atoms with Crippen LogP contribution >= 0.6 is 7.82 Å². The first kappa shape index (κ1) is 44.0. The normalized spacial score (nSPS) is 14.0. The number of ether oxygens (including phenoxy) is 2. The Morgan fingerprint density at radius 1 is 0.689 bits per heavy atom. The molecule has 45 heavy (non-hydrogen) atoms. The van der Waals surface area contributed by atoms with Crippen molar-refractivity contribution in [3.63, 3.8) is 0 Å². The van der Waals surface area contributed by atoms with Gasteiger partial charge in [0.15, 0.2) is 6.10 Å². The molecule has 2 atom stereocenters. The second-order valence-electron chi connectivity index (χ2n) is 14.2. The predicted molar refractivity (Wildman–Crippen MR) is 179 cm³/mol. The fraction of sp³-hybridized carbons (Fsp3) is 0.943. The number of carbonyl (C=O) groups is 2. The third-order valence-electron chi connectivity index (χ3n) is 7.76. The number of phosphoric ester groups is 1. The zero-order valence-corrected chi connectivity index (χ0v) is 30.6. The quantitative estimate of drug-likeness (QED) is 0.0446. The van der Waals surface area contributed by atoms with Crippen molar-refractivity contribution in [1.29, 1.82) is 0 Å². The Bertz CT molecular complexity index is 771. The largest absolute Gasteiger partial charge is 0.756 e. The minimum absolute atomic E-state index is 0.102. The Morgan fingerprint density at radius 3 is 1.64 bits per heavy atom. The van der Waals surface area contributed by atoms with E-state index in [-0.39, 0.29) is 32.6 Å². The SMILES string of the molecule is CC(C)CCCCCCCCCCCC(=O)OC[C@@H](COP(=O)([O-])OCC[NH3+])OC(=O)CCCCCCCCCCC(C)(C)C. The van der Waals surface area contributed by atoms with Gasteiger partial charge in [-0.1, -0.05) is 137 Å². The van der Waals surface area contributed by atoms with Gasteiger partial charge in [-0.3, -0.25) is 14.2 Å². The van der Waals surface area contributed by atoms with Crippen LogP contribution in [0.25, 0.3) is 0 Å². The molecule has 0 saturated heterocycles. The Labute approximate surface area is 276 Å². The van der Waals surface area contributed by atoms with Crippen LogP contribution in [0.1, 0.15) is 169 Å². The van der Waals surface area contributed by atoms with Gasteiger partial charge in [0.2, 0.25) is 0 Å². The lowest BCUT2D eigenvalue weighted by Crippen LogP contribution is -2.52. The molecule has 0 aliphatic carbocycles. The number of carbonyl (C=O) groups excluding carboxylic acids is 2. The smallest absolute Gasteiger partial charge is 0.306 e. The Morgan fingerprint density at radius 2 is 1.16 bits per heavy atom. The second-order valence-corrected chi connectivity index (χ2v) is 15.6. The number of esters is 2. The van der Waals surface area contributed by atoms with E-state index in [0.29, 0.717) is 11.8 Å². The lowest BCUT2D eigenvalue weighted by molar-refractivity contribution is -0.373. The summed E-state index contributed by atoms with van der Waals surface area (Å²) in [5, 5.41) is 0. The Kier molecular flexibility index (Phi) is 27.4. The number of unbranched alkanes of at least 4 members (excludes halogenated alkanes) is 15. The molecule has 0 heterocycles. The first-order valence-electron chi connectivity index (χ1n) is 18.1. The molecule has 0 saturated carbocycles. The highest BCUT2D eigenvalue weighted by Crippen LogP contribution is 2.38. The maximum absolute atomic E-state index is 12.5. The molecule has 3 N–H and O–H groups in total. The van der Waals surface area contributed by atoms with Gasteiger partial charge in [0, 0.05) is 12.8 Å². The highest BCUT2D eigenvalue weighted by Gasteiger charge is 2.21. The van der Waals surface area contributed by atoms with Crippen molar-refractivity contribution in [3.8, 4) is 0 Å².